The molecular formula is C20H26N2OS. The van der Waals surface area contributed by atoms with E-state index in [1.807, 2.05) is 11.3 Å². The van der Waals surface area contributed by atoms with Crippen molar-refractivity contribution in [2.45, 2.75) is 46.2 Å². The summed E-state index contributed by atoms with van der Waals surface area (Å²) in [7, 11) is 0. The third-order valence-corrected chi connectivity index (χ3v) is 6.16. The maximum Gasteiger partial charge on any atom is 0.234 e. The number of hydrogen-bond donors (Lipinski definition) is 1. The lowest BCUT2D eigenvalue weighted by Crippen LogP contribution is -2.42. The molecule has 2 aromatic rings. The van der Waals surface area contributed by atoms with Crippen molar-refractivity contribution >= 4 is 17.2 Å². The Kier molecular flexibility index (Phi) is 5.07. The van der Waals surface area contributed by atoms with E-state index < -0.39 is 0 Å². The maximum absolute atomic E-state index is 12.5. The minimum atomic E-state index is 0.0357. The van der Waals surface area contributed by atoms with Crippen molar-refractivity contribution in [3.63, 3.8) is 0 Å². The fraction of sp³-hybridized carbons (Fsp3) is 0.450. The molecule has 3 nitrogen and oxygen atoms in total. The summed E-state index contributed by atoms with van der Waals surface area (Å²) in [6.07, 6.45) is 1.05. The van der Waals surface area contributed by atoms with Crippen molar-refractivity contribution in [2.24, 2.45) is 0 Å². The molecule has 0 saturated heterocycles. The number of nitrogens with one attached hydrogen (secondary N) is 1. The fourth-order valence-corrected chi connectivity index (χ4v) is 4.33. The first-order chi connectivity index (χ1) is 11.5. The van der Waals surface area contributed by atoms with E-state index in [0.29, 0.717) is 12.6 Å². The summed E-state index contributed by atoms with van der Waals surface area (Å²) in [5, 5.41) is 5.31. The van der Waals surface area contributed by atoms with Crippen LogP contribution in [0.2, 0.25) is 0 Å². The second-order valence-electron chi connectivity index (χ2n) is 6.83. The number of nitrogens with zero attached hydrogens (tertiary/aromatic N) is 1. The van der Waals surface area contributed by atoms with E-state index in [0.717, 1.165) is 13.0 Å². The zero-order valence-corrected chi connectivity index (χ0v) is 15.7. The highest BCUT2D eigenvalue weighted by Gasteiger charge is 2.26. The lowest BCUT2D eigenvalue weighted by Gasteiger charge is -2.33. The van der Waals surface area contributed by atoms with E-state index in [4.69, 9.17) is 0 Å². The van der Waals surface area contributed by atoms with Crippen LogP contribution in [0.5, 0.6) is 0 Å². The summed E-state index contributed by atoms with van der Waals surface area (Å²) < 4.78 is 0. The Balaban J connectivity index is 1.60. The molecular weight excluding hydrogens is 316 g/mol. The van der Waals surface area contributed by atoms with Crippen LogP contribution in [0.1, 0.15) is 53.1 Å². The molecule has 1 amide bonds. The second-order valence-corrected chi connectivity index (χ2v) is 7.83. The van der Waals surface area contributed by atoms with Crippen LogP contribution in [0.25, 0.3) is 0 Å². The SMILES string of the molecule is Cc1ccc(C(C)NC(=O)CN2CCc3sccc3C2C)cc1C. The quantitative estimate of drug-likeness (QED) is 0.905. The maximum atomic E-state index is 12.5. The highest BCUT2D eigenvalue weighted by atomic mass is 32.1. The van der Waals surface area contributed by atoms with Gasteiger partial charge >= 0.3 is 0 Å². The molecule has 1 aromatic heterocycles. The summed E-state index contributed by atoms with van der Waals surface area (Å²) in [4.78, 5) is 16.2. The van der Waals surface area contributed by atoms with Crippen molar-refractivity contribution in [3.05, 3.63) is 56.8 Å². The topological polar surface area (TPSA) is 32.3 Å². The van der Waals surface area contributed by atoms with Crippen molar-refractivity contribution < 1.29 is 4.79 Å². The summed E-state index contributed by atoms with van der Waals surface area (Å²) in [6.45, 7) is 9.90. The van der Waals surface area contributed by atoms with Gasteiger partial charge in [-0.3, -0.25) is 9.69 Å². The van der Waals surface area contributed by atoms with Crippen LogP contribution in [-0.2, 0) is 11.2 Å². The van der Waals surface area contributed by atoms with Crippen LogP contribution in [0, 0.1) is 13.8 Å². The van der Waals surface area contributed by atoms with E-state index in [-0.39, 0.29) is 11.9 Å². The molecule has 4 heteroatoms. The number of rotatable bonds is 4. The van der Waals surface area contributed by atoms with Gasteiger partial charge < -0.3 is 5.32 Å². The molecule has 0 spiro atoms. The van der Waals surface area contributed by atoms with Crippen LogP contribution < -0.4 is 5.32 Å². The van der Waals surface area contributed by atoms with Gasteiger partial charge in [0.05, 0.1) is 12.6 Å². The number of thiophene rings is 1. The molecule has 0 saturated carbocycles. The molecule has 1 aliphatic rings. The number of benzene rings is 1. The Hall–Kier alpha value is -1.65. The number of carbonyl (C=O) groups is 1. The number of amides is 1. The van der Waals surface area contributed by atoms with Crippen molar-refractivity contribution in [3.8, 4) is 0 Å². The van der Waals surface area contributed by atoms with Crippen molar-refractivity contribution in [2.75, 3.05) is 13.1 Å². The molecule has 0 bridgehead atoms. The van der Waals surface area contributed by atoms with E-state index in [2.05, 4.69) is 67.6 Å². The van der Waals surface area contributed by atoms with Gasteiger partial charge in [-0.25, -0.2) is 0 Å². The standard InChI is InChI=1S/C20H26N2OS/c1-13-5-6-17(11-14(13)2)15(3)21-20(23)12-22-9-7-19-18(16(22)4)8-10-24-19/h5-6,8,10-11,15-16H,7,9,12H2,1-4H3,(H,21,23). The second kappa shape index (κ2) is 7.08. The molecule has 1 aliphatic heterocycles. The lowest BCUT2D eigenvalue weighted by molar-refractivity contribution is -0.123. The first-order valence-corrected chi connectivity index (χ1v) is 9.50. The average Bonchev–Trinajstić information content (AvgIpc) is 3.02. The van der Waals surface area contributed by atoms with Gasteiger partial charge in [0.2, 0.25) is 5.91 Å². The summed E-state index contributed by atoms with van der Waals surface area (Å²) in [6, 6.07) is 8.96. The van der Waals surface area contributed by atoms with E-state index >= 15 is 0 Å². The Morgan fingerprint density at radius 3 is 2.88 bits per heavy atom. The molecule has 3 rings (SSSR count). The fourth-order valence-electron chi connectivity index (χ4n) is 3.37. The van der Waals surface area contributed by atoms with Gasteiger partial charge in [0.1, 0.15) is 0 Å². The first-order valence-electron chi connectivity index (χ1n) is 8.62. The number of hydrogen-bond acceptors (Lipinski definition) is 3. The van der Waals surface area contributed by atoms with E-state index in [9.17, 15) is 4.79 Å². The number of fused-ring (bicyclic) bond motifs is 1. The highest BCUT2D eigenvalue weighted by molar-refractivity contribution is 7.10. The molecule has 128 valence electrons. The van der Waals surface area contributed by atoms with Gasteiger partial charge in [-0.05, 0) is 67.8 Å². The Morgan fingerprint density at radius 1 is 1.33 bits per heavy atom. The smallest absolute Gasteiger partial charge is 0.234 e. The summed E-state index contributed by atoms with van der Waals surface area (Å²) in [5.74, 6) is 0.103. The lowest BCUT2D eigenvalue weighted by atomic mass is 10.0. The largest absolute Gasteiger partial charge is 0.348 e. The number of aryl methyl sites for hydroxylation is 2. The normalized spacial score (nSPS) is 18.9. The number of carbonyl (C=O) groups excluding carboxylic acids is 1. The monoisotopic (exact) mass is 342 g/mol. The average molecular weight is 343 g/mol. The predicted molar refractivity (Wildman–Crippen MR) is 100 cm³/mol. The summed E-state index contributed by atoms with van der Waals surface area (Å²) in [5.41, 5.74) is 5.11. The molecule has 2 atom stereocenters. The molecule has 24 heavy (non-hydrogen) atoms. The summed E-state index contributed by atoms with van der Waals surface area (Å²) >= 11 is 1.83. The molecule has 0 aliphatic carbocycles. The van der Waals surface area contributed by atoms with Gasteiger partial charge in [0, 0.05) is 17.5 Å². The molecule has 1 aromatic carbocycles. The van der Waals surface area contributed by atoms with E-state index in [1.54, 1.807) is 0 Å². The van der Waals surface area contributed by atoms with Crippen molar-refractivity contribution in [1.29, 1.82) is 0 Å². The van der Waals surface area contributed by atoms with Gasteiger partial charge in [0.15, 0.2) is 0 Å². The van der Waals surface area contributed by atoms with Crippen LogP contribution >= 0.6 is 11.3 Å². The van der Waals surface area contributed by atoms with Crippen LogP contribution in [0.15, 0.2) is 29.6 Å². The predicted octanol–water partition coefficient (Wildman–Crippen LogP) is 4.16. The van der Waals surface area contributed by atoms with Gasteiger partial charge in [0.25, 0.3) is 0 Å². The highest BCUT2D eigenvalue weighted by Crippen LogP contribution is 2.32. The minimum absolute atomic E-state index is 0.0357. The van der Waals surface area contributed by atoms with Crippen LogP contribution in [0.4, 0.5) is 0 Å². The van der Waals surface area contributed by atoms with Crippen LogP contribution in [0.3, 0.4) is 0 Å². The molecule has 0 fully saturated rings. The Bertz CT molecular complexity index is 737. The van der Waals surface area contributed by atoms with E-state index in [1.165, 1.54) is 27.1 Å². The Morgan fingerprint density at radius 2 is 2.12 bits per heavy atom. The third kappa shape index (κ3) is 3.55. The molecule has 2 heterocycles. The molecule has 0 radical (unpaired) electrons. The van der Waals surface area contributed by atoms with Gasteiger partial charge in [-0.2, -0.15) is 0 Å². The van der Waals surface area contributed by atoms with Gasteiger partial charge in [-0.15, -0.1) is 11.3 Å². The third-order valence-electron chi connectivity index (χ3n) is 5.16. The van der Waals surface area contributed by atoms with Crippen molar-refractivity contribution in [1.82, 2.24) is 10.2 Å². The Labute approximate surface area is 148 Å². The zero-order valence-electron chi connectivity index (χ0n) is 14.9. The first kappa shape index (κ1) is 17.2. The van der Waals surface area contributed by atoms with Crippen LogP contribution in [-0.4, -0.2) is 23.9 Å². The molecule has 2 unspecified atom stereocenters. The molecule has 1 N–H and O–H groups in total. The minimum Gasteiger partial charge on any atom is -0.348 e. The zero-order chi connectivity index (χ0) is 17.3. The van der Waals surface area contributed by atoms with Gasteiger partial charge in [-0.1, -0.05) is 18.2 Å².